The summed E-state index contributed by atoms with van der Waals surface area (Å²) >= 11 is 6.33. The second-order valence-electron chi connectivity index (χ2n) is 7.46. The van der Waals surface area contributed by atoms with Crippen LogP contribution in [0.2, 0.25) is 5.02 Å². The lowest BCUT2D eigenvalue weighted by Crippen LogP contribution is -2.53. The second-order valence-corrected chi connectivity index (χ2v) is 7.87. The molecule has 140 valence electrons. The van der Waals surface area contributed by atoms with Gasteiger partial charge in [-0.3, -0.25) is 14.6 Å². The number of amides is 1. The van der Waals surface area contributed by atoms with Crippen LogP contribution in [0.1, 0.15) is 44.2 Å². The van der Waals surface area contributed by atoms with Crippen LogP contribution in [0.25, 0.3) is 0 Å². The molecule has 1 heterocycles. The lowest BCUT2D eigenvalue weighted by Gasteiger charge is -2.38. The van der Waals surface area contributed by atoms with Gasteiger partial charge in [-0.25, -0.2) is 0 Å². The molecule has 0 radical (unpaired) electrons. The van der Waals surface area contributed by atoms with Crippen LogP contribution in [0.15, 0.2) is 24.3 Å². The van der Waals surface area contributed by atoms with Crippen molar-refractivity contribution in [1.29, 1.82) is 5.26 Å². The number of halogens is 1. The van der Waals surface area contributed by atoms with Crippen molar-refractivity contribution in [2.75, 3.05) is 32.7 Å². The Hall–Kier alpha value is -1.61. The summed E-state index contributed by atoms with van der Waals surface area (Å²) in [7, 11) is 0. The fraction of sp³-hybridized carbons (Fsp3) is 0.600. The van der Waals surface area contributed by atoms with Crippen LogP contribution in [0.4, 0.5) is 0 Å². The molecule has 1 amide bonds. The number of rotatable bonds is 5. The van der Waals surface area contributed by atoms with Crippen molar-refractivity contribution < 1.29 is 4.79 Å². The normalized spacial score (nSPS) is 21.9. The third-order valence-electron chi connectivity index (χ3n) is 5.73. The van der Waals surface area contributed by atoms with Crippen LogP contribution < -0.4 is 5.32 Å². The van der Waals surface area contributed by atoms with Gasteiger partial charge in [0.05, 0.1) is 12.6 Å². The number of carbonyl (C=O) groups is 1. The smallest absolute Gasteiger partial charge is 0.235 e. The molecule has 2 fully saturated rings. The molecule has 1 aliphatic heterocycles. The lowest BCUT2D eigenvalue weighted by molar-refractivity contribution is -0.124. The van der Waals surface area contributed by atoms with Crippen molar-refractivity contribution in [2.24, 2.45) is 0 Å². The minimum atomic E-state index is -0.628. The Labute approximate surface area is 160 Å². The molecular formula is C20H27ClN4O. The highest BCUT2D eigenvalue weighted by atomic mass is 35.5. The van der Waals surface area contributed by atoms with Gasteiger partial charge in [0.2, 0.25) is 5.91 Å². The molecule has 1 N–H and O–H groups in total. The second kappa shape index (κ2) is 8.39. The predicted molar refractivity (Wildman–Crippen MR) is 103 cm³/mol. The van der Waals surface area contributed by atoms with Gasteiger partial charge in [0.25, 0.3) is 0 Å². The minimum absolute atomic E-state index is 0.0268. The molecule has 6 heteroatoms. The molecule has 0 bridgehead atoms. The molecule has 5 nitrogen and oxygen atoms in total. The van der Waals surface area contributed by atoms with E-state index >= 15 is 0 Å². The van der Waals surface area contributed by atoms with Gasteiger partial charge >= 0.3 is 0 Å². The summed E-state index contributed by atoms with van der Waals surface area (Å²) < 4.78 is 0. The predicted octanol–water partition coefficient (Wildman–Crippen LogP) is 2.97. The maximum absolute atomic E-state index is 12.4. The Kier molecular flexibility index (Phi) is 6.18. The third-order valence-corrected chi connectivity index (χ3v) is 6.07. The monoisotopic (exact) mass is 374 g/mol. The standard InChI is InChI=1S/C20H27ClN4O/c1-16(17-6-2-3-7-18(17)21)25-12-10-24(11-13-25)14-19(26)23-20(15-22)8-4-5-9-20/h2-3,6-7,16H,4-5,8-14H2,1H3,(H,23,26). The van der Waals surface area contributed by atoms with E-state index < -0.39 is 5.54 Å². The molecule has 1 aromatic rings. The Bertz CT molecular complexity index is 673. The molecule has 3 rings (SSSR count). The number of benzene rings is 1. The molecule has 1 atom stereocenters. The van der Waals surface area contributed by atoms with E-state index in [1.54, 1.807) is 0 Å². The molecule has 0 aromatic heterocycles. The van der Waals surface area contributed by atoms with Gasteiger partial charge < -0.3 is 5.32 Å². The van der Waals surface area contributed by atoms with E-state index in [9.17, 15) is 10.1 Å². The zero-order chi connectivity index (χ0) is 18.6. The molecule has 1 saturated carbocycles. The van der Waals surface area contributed by atoms with E-state index in [0.717, 1.165) is 62.4 Å². The van der Waals surface area contributed by atoms with Crippen LogP contribution in [0.3, 0.4) is 0 Å². The largest absolute Gasteiger partial charge is 0.337 e. The van der Waals surface area contributed by atoms with Crippen molar-refractivity contribution in [3.8, 4) is 6.07 Å². The highest BCUT2D eigenvalue weighted by Gasteiger charge is 2.35. The van der Waals surface area contributed by atoms with Crippen molar-refractivity contribution in [2.45, 2.75) is 44.2 Å². The topological polar surface area (TPSA) is 59.4 Å². The summed E-state index contributed by atoms with van der Waals surface area (Å²) in [5.74, 6) is -0.0268. The molecule has 1 saturated heterocycles. The fourth-order valence-corrected chi connectivity index (χ4v) is 4.37. The van der Waals surface area contributed by atoms with Crippen molar-refractivity contribution in [3.63, 3.8) is 0 Å². The number of hydrogen-bond acceptors (Lipinski definition) is 4. The first-order chi connectivity index (χ1) is 12.5. The van der Waals surface area contributed by atoms with Crippen LogP contribution in [-0.2, 0) is 4.79 Å². The number of carbonyl (C=O) groups excluding carboxylic acids is 1. The molecule has 1 aromatic carbocycles. The molecule has 0 spiro atoms. The Morgan fingerprint density at radius 1 is 1.27 bits per heavy atom. The van der Waals surface area contributed by atoms with Gasteiger partial charge in [0.1, 0.15) is 5.54 Å². The molecule has 2 aliphatic rings. The highest BCUT2D eigenvalue weighted by Crippen LogP contribution is 2.29. The molecule has 26 heavy (non-hydrogen) atoms. The maximum atomic E-state index is 12.4. The Morgan fingerprint density at radius 2 is 1.92 bits per heavy atom. The Morgan fingerprint density at radius 3 is 2.54 bits per heavy atom. The van der Waals surface area contributed by atoms with Crippen molar-refractivity contribution in [3.05, 3.63) is 34.9 Å². The SMILES string of the molecule is CC(c1ccccc1Cl)N1CCN(CC(=O)NC2(C#N)CCCC2)CC1. The van der Waals surface area contributed by atoms with Crippen LogP contribution in [-0.4, -0.2) is 54.0 Å². The van der Waals surface area contributed by atoms with Gasteiger partial charge in [0.15, 0.2) is 0 Å². The summed E-state index contributed by atoms with van der Waals surface area (Å²) in [6.07, 6.45) is 3.59. The number of nitrogens with one attached hydrogen (secondary N) is 1. The first-order valence-electron chi connectivity index (χ1n) is 9.46. The average molecular weight is 375 g/mol. The van der Waals surface area contributed by atoms with E-state index in [0.29, 0.717) is 6.54 Å². The zero-order valence-electron chi connectivity index (χ0n) is 15.4. The summed E-state index contributed by atoms with van der Waals surface area (Å²) in [6, 6.07) is 10.6. The van der Waals surface area contributed by atoms with E-state index in [1.165, 1.54) is 0 Å². The van der Waals surface area contributed by atoms with E-state index in [2.05, 4.69) is 34.2 Å². The quantitative estimate of drug-likeness (QED) is 0.860. The number of nitrogens with zero attached hydrogens (tertiary/aromatic N) is 3. The van der Waals surface area contributed by atoms with Gasteiger partial charge in [-0.15, -0.1) is 0 Å². The van der Waals surface area contributed by atoms with Crippen LogP contribution in [0.5, 0.6) is 0 Å². The van der Waals surface area contributed by atoms with E-state index in [4.69, 9.17) is 11.6 Å². The van der Waals surface area contributed by atoms with Gasteiger partial charge in [-0.2, -0.15) is 5.26 Å². The maximum Gasteiger partial charge on any atom is 0.235 e. The average Bonchev–Trinajstić information content (AvgIpc) is 3.11. The number of nitriles is 1. The van der Waals surface area contributed by atoms with Gasteiger partial charge in [0, 0.05) is 37.2 Å². The van der Waals surface area contributed by atoms with Crippen LogP contribution >= 0.6 is 11.6 Å². The molecule has 1 aliphatic carbocycles. The molecule has 1 unspecified atom stereocenters. The summed E-state index contributed by atoms with van der Waals surface area (Å²) in [4.78, 5) is 17.0. The fourth-order valence-electron chi connectivity index (χ4n) is 4.07. The minimum Gasteiger partial charge on any atom is -0.337 e. The van der Waals surface area contributed by atoms with Crippen molar-refractivity contribution >= 4 is 17.5 Å². The van der Waals surface area contributed by atoms with Gasteiger partial charge in [-0.1, -0.05) is 29.8 Å². The first kappa shape index (κ1) is 19.2. The highest BCUT2D eigenvalue weighted by molar-refractivity contribution is 6.31. The first-order valence-corrected chi connectivity index (χ1v) is 9.84. The summed E-state index contributed by atoms with van der Waals surface area (Å²) in [5, 5.41) is 13.2. The van der Waals surface area contributed by atoms with E-state index in [1.807, 2.05) is 18.2 Å². The Balaban J connectivity index is 1.49. The summed E-state index contributed by atoms with van der Waals surface area (Å²) in [5.41, 5.74) is 0.523. The number of hydrogen-bond donors (Lipinski definition) is 1. The molecular weight excluding hydrogens is 348 g/mol. The number of piperazine rings is 1. The summed E-state index contributed by atoms with van der Waals surface area (Å²) in [6.45, 7) is 6.06. The lowest BCUT2D eigenvalue weighted by atomic mass is 10.00. The van der Waals surface area contributed by atoms with Crippen LogP contribution in [0, 0.1) is 11.3 Å². The van der Waals surface area contributed by atoms with Crippen molar-refractivity contribution in [1.82, 2.24) is 15.1 Å². The zero-order valence-corrected chi connectivity index (χ0v) is 16.1. The third kappa shape index (κ3) is 4.37. The van der Waals surface area contributed by atoms with E-state index in [-0.39, 0.29) is 11.9 Å². The van der Waals surface area contributed by atoms with Gasteiger partial charge in [-0.05, 0) is 44.2 Å².